The van der Waals surface area contributed by atoms with E-state index in [2.05, 4.69) is 5.32 Å². The van der Waals surface area contributed by atoms with Gasteiger partial charge < -0.3 is 20.1 Å². The molecular formula is C13H18N2O3. The van der Waals surface area contributed by atoms with Crippen LogP contribution in [0.3, 0.4) is 0 Å². The molecule has 0 aliphatic carbocycles. The van der Waals surface area contributed by atoms with E-state index in [1.165, 1.54) is 0 Å². The van der Waals surface area contributed by atoms with Gasteiger partial charge in [-0.05, 0) is 30.7 Å². The number of nitrogens with one attached hydrogen (secondary N) is 1. The molecule has 18 heavy (non-hydrogen) atoms. The molecule has 2 N–H and O–H groups in total. The Morgan fingerprint density at radius 3 is 2.78 bits per heavy atom. The third-order valence-electron chi connectivity index (χ3n) is 3.13. The monoisotopic (exact) mass is 250 g/mol. The molecule has 1 heterocycles. The van der Waals surface area contributed by atoms with Crippen molar-refractivity contribution in [2.75, 3.05) is 31.7 Å². The standard InChI is InChI=1S/C13H18N2O3/c1-18-11-5-3-10(4-6-11)15-8-2-7-14-13(17)12(15)9-16/h3-6,12,16H,2,7-9H2,1H3,(H,14,17). The molecule has 1 aliphatic heterocycles. The highest BCUT2D eigenvalue weighted by Crippen LogP contribution is 2.22. The van der Waals surface area contributed by atoms with E-state index in [1.54, 1.807) is 7.11 Å². The molecule has 0 aromatic heterocycles. The molecule has 1 unspecified atom stereocenters. The molecule has 0 spiro atoms. The Kier molecular flexibility index (Phi) is 4.04. The molecule has 5 nitrogen and oxygen atoms in total. The van der Waals surface area contributed by atoms with Crippen LogP contribution in [0.25, 0.3) is 0 Å². The number of aliphatic hydroxyl groups is 1. The summed E-state index contributed by atoms with van der Waals surface area (Å²) in [7, 11) is 1.62. The van der Waals surface area contributed by atoms with Gasteiger partial charge in [0.15, 0.2) is 0 Å². The van der Waals surface area contributed by atoms with E-state index in [0.717, 1.165) is 24.4 Å². The highest BCUT2D eigenvalue weighted by atomic mass is 16.5. The fourth-order valence-corrected chi connectivity index (χ4v) is 2.14. The quantitative estimate of drug-likeness (QED) is 0.814. The van der Waals surface area contributed by atoms with Gasteiger partial charge >= 0.3 is 0 Å². The molecule has 1 aliphatic rings. The van der Waals surface area contributed by atoms with E-state index in [0.29, 0.717) is 6.54 Å². The SMILES string of the molecule is COc1ccc(N2CCCNC(=O)C2CO)cc1. The van der Waals surface area contributed by atoms with Crippen molar-refractivity contribution in [3.63, 3.8) is 0 Å². The first-order chi connectivity index (χ1) is 8.76. The summed E-state index contributed by atoms with van der Waals surface area (Å²) in [5.41, 5.74) is 0.923. The fourth-order valence-electron chi connectivity index (χ4n) is 2.14. The minimum atomic E-state index is -0.513. The first-order valence-corrected chi connectivity index (χ1v) is 6.05. The lowest BCUT2D eigenvalue weighted by atomic mass is 10.2. The average molecular weight is 250 g/mol. The molecule has 1 fully saturated rings. The smallest absolute Gasteiger partial charge is 0.245 e. The number of carbonyl (C=O) groups is 1. The Labute approximate surface area is 106 Å². The zero-order valence-electron chi connectivity index (χ0n) is 10.4. The summed E-state index contributed by atoms with van der Waals surface area (Å²) in [6.07, 6.45) is 0.869. The van der Waals surface area contributed by atoms with E-state index in [1.807, 2.05) is 29.2 Å². The number of anilines is 1. The van der Waals surface area contributed by atoms with Crippen LogP contribution in [-0.2, 0) is 4.79 Å². The highest BCUT2D eigenvalue weighted by Gasteiger charge is 2.27. The Balaban J connectivity index is 2.24. The molecule has 1 saturated heterocycles. The van der Waals surface area contributed by atoms with Gasteiger partial charge in [-0.3, -0.25) is 4.79 Å². The maximum absolute atomic E-state index is 11.8. The molecule has 1 amide bonds. The maximum atomic E-state index is 11.8. The molecule has 2 rings (SSSR count). The van der Waals surface area contributed by atoms with Crippen molar-refractivity contribution in [2.24, 2.45) is 0 Å². The van der Waals surface area contributed by atoms with E-state index >= 15 is 0 Å². The van der Waals surface area contributed by atoms with Gasteiger partial charge in [0.1, 0.15) is 11.8 Å². The van der Waals surface area contributed by atoms with Crippen molar-refractivity contribution in [1.29, 1.82) is 0 Å². The summed E-state index contributed by atoms with van der Waals surface area (Å²) in [5, 5.41) is 12.2. The van der Waals surface area contributed by atoms with E-state index in [-0.39, 0.29) is 12.5 Å². The molecular weight excluding hydrogens is 232 g/mol. The number of aliphatic hydroxyl groups excluding tert-OH is 1. The van der Waals surface area contributed by atoms with Gasteiger partial charge in [-0.25, -0.2) is 0 Å². The molecule has 0 bridgehead atoms. The van der Waals surface area contributed by atoms with E-state index in [4.69, 9.17) is 4.74 Å². The van der Waals surface area contributed by atoms with Gasteiger partial charge in [-0.1, -0.05) is 0 Å². The van der Waals surface area contributed by atoms with Gasteiger partial charge in [0.05, 0.1) is 13.7 Å². The molecule has 0 saturated carbocycles. The van der Waals surface area contributed by atoms with Crippen LogP contribution in [0.4, 0.5) is 5.69 Å². The Bertz CT molecular complexity index is 405. The third-order valence-corrected chi connectivity index (χ3v) is 3.13. The lowest BCUT2D eigenvalue weighted by molar-refractivity contribution is -0.122. The van der Waals surface area contributed by atoms with Gasteiger partial charge in [0.25, 0.3) is 0 Å². The van der Waals surface area contributed by atoms with Crippen molar-refractivity contribution >= 4 is 11.6 Å². The first kappa shape index (κ1) is 12.7. The summed E-state index contributed by atoms with van der Waals surface area (Å²) in [5.74, 6) is 0.657. The highest BCUT2D eigenvalue weighted by molar-refractivity contribution is 5.85. The van der Waals surface area contributed by atoms with Crippen LogP contribution < -0.4 is 15.0 Å². The van der Waals surface area contributed by atoms with Crippen LogP contribution in [-0.4, -0.2) is 43.9 Å². The number of ether oxygens (including phenoxy) is 1. The van der Waals surface area contributed by atoms with Gasteiger partial charge in [0, 0.05) is 18.8 Å². The molecule has 1 atom stereocenters. The van der Waals surface area contributed by atoms with Crippen molar-refractivity contribution in [3.8, 4) is 5.75 Å². The van der Waals surface area contributed by atoms with Crippen molar-refractivity contribution in [2.45, 2.75) is 12.5 Å². The van der Waals surface area contributed by atoms with Crippen LogP contribution in [0.1, 0.15) is 6.42 Å². The van der Waals surface area contributed by atoms with Crippen LogP contribution in [0.15, 0.2) is 24.3 Å². The summed E-state index contributed by atoms with van der Waals surface area (Å²) in [6, 6.07) is 7.00. The fraction of sp³-hybridized carbons (Fsp3) is 0.462. The zero-order chi connectivity index (χ0) is 13.0. The molecule has 98 valence electrons. The average Bonchev–Trinajstić information content (AvgIpc) is 2.60. The van der Waals surface area contributed by atoms with Crippen LogP contribution in [0, 0.1) is 0 Å². The lowest BCUT2D eigenvalue weighted by Gasteiger charge is -2.29. The number of hydrogen-bond acceptors (Lipinski definition) is 4. The molecule has 0 radical (unpaired) electrons. The second kappa shape index (κ2) is 5.73. The summed E-state index contributed by atoms with van der Waals surface area (Å²) in [6.45, 7) is 1.22. The first-order valence-electron chi connectivity index (χ1n) is 6.05. The van der Waals surface area contributed by atoms with Crippen LogP contribution >= 0.6 is 0 Å². The molecule has 1 aromatic rings. The Morgan fingerprint density at radius 1 is 1.44 bits per heavy atom. The predicted octanol–water partition coefficient (Wildman–Crippen LogP) is 0.382. The second-order valence-corrected chi connectivity index (χ2v) is 4.23. The van der Waals surface area contributed by atoms with Gasteiger partial charge in [-0.2, -0.15) is 0 Å². The van der Waals surface area contributed by atoms with E-state index in [9.17, 15) is 9.90 Å². The van der Waals surface area contributed by atoms with Gasteiger partial charge in [-0.15, -0.1) is 0 Å². The number of amides is 1. The van der Waals surface area contributed by atoms with Gasteiger partial charge in [0.2, 0.25) is 5.91 Å². The Morgan fingerprint density at radius 2 is 2.17 bits per heavy atom. The summed E-state index contributed by atoms with van der Waals surface area (Å²) in [4.78, 5) is 13.7. The lowest BCUT2D eigenvalue weighted by Crippen LogP contribution is -2.46. The number of nitrogens with zero attached hydrogens (tertiary/aromatic N) is 1. The van der Waals surface area contributed by atoms with Crippen LogP contribution in [0.2, 0.25) is 0 Å². The number of benzene rings is 1. The zero-order valence-corrected chi connectivity index (χ0v) is 10.4. The number of rotatable bonds is 3. The van der Waals surface area contributed by atoms with Crippen LogP contribution in [0.5, 0.6) is 5.75 Å². The largest absolute Gasteiger partial charge is 0.497 e. The van der Waals surface area contributed by atoms with Crippen molar-refractivity contribution in [1.82, 2.24) is 5.32 Å². The minimum absolute atomic E-state index is 0.120. The molecule has 1 aromatic carbocycles. The number of hydrogen-bond donors (Lipinski definition) is 2. The normalized spacial score (nSPS) is 20.2. The summed E-state index contributed by atoms with van der Waals surface area (Å²) >= 11 is 0. The third kappa shape index (κ3) is 2.56. The Hall–Kier alpha value is -1.75. The number of methoxy groups -OCH3 is 1. The van der Waals surface area contributed by atoms with Crippen molar-refractivity contribution < 1.29 is 14.6 Å². The maximum Gasteiger partial charge on any atom is 0.245 e. The van der Waals surface area contributed by atoms with Crippen molar-refractivity contribution in [3.05, 3.63) is 24.3 Å². The van der Waals surface area contributed by atoms with E-state index < -0.39 is 6.04 Å². The second-order valence-electron chi connectivity index (χ2n) is 4.23. The topological polar surface area (TPSA) is 61.8 Å². The number of carbonyl (C=O) groups excluding carboxylic acids is 1. The predicted molar refractivity (Wildman–Crippen MR) is 68.8 cm³/mol. The molecule has 5 heteroatoms. The summed E-state index contributed by atoms with van der Waals surface area (Å²) < 4.78 is 5.11. The minimum Gasteiger partial charge on any atom is -0.497 e.